The van der Waals surface area contributed by atoms with Crippen LogP contribution in [0.4, 0.5) is 5.69 Å². The van der Waals surface area contributed by atoms with Crippen LogP contribution in [0.15, 0.2) is 70.0 Å². The van der Waals surface area contributed by atoms with E-state index in [0.717, 1.165) is 16.9 Å². The van der Waals surface area contributed by atoms with Gasteiger partial charge in [0, 0.05) is 24.6 Å². The summed E-state index contributed by atoms with van der Waals surface area (Å²) in [5, 5.41) is 3.01. The number of aryl methyl sites for hydroxylation is 2. The molecular formula is C24H26N2O4S. The van der Waals surface area contributed by atoms with Gasteiger partial charge in [0.1, 0.15) is 11.5 Å². The summed E-state index contributed by atoms with van der Waals surface area (Å²) in [6.45, 7) is 4.45. The standard InChI is InChI=1S/C24H26N2O4S/c1-17-7-10-20(11-8-17)31(28,29)26-15-13-19(14-16-26)24(27)25-22-6-4-3-5-21(22)23-12-9-18(2)30-23/h3-12,19H,13-16H2,1-2H3,(H,25,27). The van der Waals surface area contributed by atoms with Crippen LogP contribution in [0.25, 0.3) is 11.3 Å². The van der Waals surface area contributed by atoms with E-state index in [1.807, 2.05) is 50.2 Å². The molecule has 0 spiro atoms. The van der Waals surface area contributed by atoms with Gasteiger partial charge in [-0.25, -0.2) is 8.42 Å². The van der Waals surface area contributed by atoms with E-state index in [-0.39, 0.29) is 11.8 Å². The van der Waals surface area contributed by atoms with Crippen molar-refractivity contribution in [3.8, 4) is 11.3 Å². The molecule has 162 valence electrons. The van der Waals surface area contributed by atoms with Crippen LogP contribution in [-0.4, -0.2) is 31.7 Å². The number of carbonyl (C=O) groups excluding carboxylic acids is 1. The first kappa shape index (κ1) is 21.3. The number of piperidine rings is 1. The quantitative estimate of drug-likeness (QED) is 0.631. The highest BCUT2D eigenvalue weighted by Crippen LogP contribution is 2.31. The molecule has 0 unspecified atom stereocenters. The maximum absolute atomic E-state index is 12.9. The second-order valence-corrected chi connectivity index (χ2v) is 9.87. The maximum atomic E-state index is 12.9. The van der Waals surface area contributed by atoms with Crippen molar-refractivity contribution in [2.24, 2.45) is 5.92 Å². The van der Waals surface area contributed by atoms with E-state index in [1.54, 1.807) is 24.3 Å². The number of para-hydroxylation sites is 1. The smallest absolute Gasteiger partial charge is 0.243 e. The summed E-state index contributed by atoms with van der Waals surface area (Å²) >= 11 is 0. The second kappa shape index (κ2) is 8.69. The van der Waals surface area contributed by atoms with Crippen molar-refractivity contribution >= 4 is 21.6 Å². The van der Waals surface area contributed by atoms with Gasteiger partial charge in [0.15, 0.2) is 0 Å². The normalized spacial score (nSPS) is 15.7. The molecule has 7 heteroatoms. The topological polar surface area (TPSA) is 79.6 Å². The Labute approximate surface area is 182 Å². The van der Waals surface area contributed by atoms with Crippen LogP contribution in [0.5, 0.6) is 0 Å². The van der Waals surface area contributed by atoms with Crippen LogP contribution >= 0.6 is 0 Å². The monoisotopic (exact) mass is 438 g/mol. The van der Waals surface area contributed by atoms with Gasteiger partial charge in [0.2, 0.25) is 15.9 Å². The number of anilines is 1. The molecule has 6 nitrogen and oxygen atoms in total. The fourth-order valence-electron chi connectivity index (χ4n) is 3.84. The number of hydrogen-bond donors (Lipinski definition) is 1. The van der Waals surface area contributed by atoms with Gasteiger partial charge < -0.3 is 9.73 Å². The van der Waals surface area contributed by atoms with E-state index in [1.165, 1.54) is 4.31 Å². The zero-order valence-electron chi connectivity index (χ0n) is 17.7. The van der Waals surface area contributed by atoms with Crippen LogP contribution in [-0.2, 0) is 14.8 Å². The third-order valence-corrected chi connectivity index (χ3v) is 7.59. The number of benzene rings is 2. The molecule has 4 rings (SSSR count). The fourth-order valence-corrected chi connectivity index (χ4v) is 5.31. The summed E-state index contributed by atoms with van der Waals surface area (Å²) in [5.41, 5.74) is 2.53. The lowest BCUT2D eigenvalue weighted by Gasteiger charge is -2.30. The summed E-state index contributed by atoms with van der Waals surface area (Å²) in [7, 11) is -3.54. The molecule has 1 N–H and O–H groups in total. The molecule has 31 heavy (non-hydrogen) atoms. The average Bonchev–Trinajstić information content (AvgIpc) is 3.20. The van der Waals surface area contributed by atoms with Crippen LogP contribution in [0, 0.1) is 19.8 Å². The minimum atomic E-state index is -3.54. The Kier molecular flexibility index (Phi) is 5.98. The third kappa shape index (κ3) is 4.57. The molecule has 1 fully saturated rings. The summed E-state index contributed by atoms with van der Waals surface area (Å²) < 4.78 is 33.0. The van der Waals surface area contributed by atoms with Crippen molar-refractivity contribution in [3.05, 3.63) is 72.0 Å². The van der Waals surface area contributed by atoms with Crippen molar-refractivity contribution in [2.45, 2.75) is 31.6 Å². The molecule has 2 aromatic carbocycles. The number of hydrogen-bond acceptors (Lipinski definition) is 4. The highest BCUT2D eigenvalue weighted by atomic mass is 32.2. The molecule has 0 bridgehead atoms. The van der Waals surface area contributed by atoms with Crippen molar-refractivity contribution in [3.63, 3.8) is 0 Å². The summed E-state index contributed by atoms with van der Waals surface area (Å²) in [6.07, 6.45) is 0.970. The number of carbonyl (C=O) groups is 1. The predicted molar refractivity (Wildman–Crippen MR) is 120 cm³/mol. The SMILES string of the molecule is Cc1ccc(S(=O)(=O)N2CCC(C(=O)Nc3ccccc3-c3ccc(C)o3)CC2)cc1. The Morgan fingerprint density at radius 1 is 0.968 bits per heavy atom. The van der Waals surface area contributed by atoms with Gasteiger partial charge in [-0.15, -0.1) is 0 Å². The van der Waals surface area contributed by atoms with Gasteiger partial charge in [0.05, 0.1) is 10.6 Å². The van der Waals surface area contributed by atoms with E-state index in [4.69, 9.17) is 4.42 Å². The Balaban J connectivity index is 1.42. The molecule has 0 radical (unpaired) electrons. The van der Waals surface area contributed by atoms with Gasteiger partial charge >= 0.3 is 0 Å². The molecule has 3 aromatic rings. The number of nitrogens with zero attached hydrogens (tertiary/aromatic N) is 1. The number of nitrogens with one attached hydrogen (secondary N) is 1. The number of furan rings is 1. The number of rotatable bonds is 5. The predicted octanol–water partition coefficient (Wildman–Crippen LogP) is 4.60. The van der Waals surface area contributed by atoms with Gasteiger partial charge in [-0.05, 0) is 63.1 Å². The first-order valence-electron chi connectivity index (χ1n) is 10.4. The molecular weight excluding hydrogens is 412 g/mol. The second-order valence-electron chi connectivity index (χ2n) is 7.94. The zero-order valence-corrected chi connectivity index (χ0v) is 18.5. The lowest BCUT2D eigenvalue weighted by atomic mass is 9.97. The largest absolute Gasteiger partial charge is 0.461 e. The lowest BCUT2D eigenvalue weighted by Crippen LogP contribution is -2.41. The molecule has 0 aliphatic carbocycles. The molecule has 0 saturated carbocycles. The summed E-state index contributed by atoms with van der Waals surface area (Å²) in [5.74, 6) is 1.17. The van der Waals surface area contributed by atoms with Crippen LogP contribution in [0.2, 0.25) is 0 Å². The Hall–Kier alpha value is -2.90. The molecule has 1 amide bonds. The minimum Gasteiger partial charge on any atom is -0.461 e. The molecule has 1 aliphatic rings. The van der Waals surface area contributed by atoms with E-state index in [9.17, 15) is 13.2 Å². The zero-order chi connectivity index (χ0) is 22.0. The van der Waals surface area contributed by atoms with Crippen molar-refractivity contribution < 1.29 is 17.6 Å². The van der Waals surface area contributed by atoms with Gasteiger partial charge in [-0.1, -0.05) is 29.8 Å². The van der Waals surface area contributed by atoms with E-state index >= 15 is 0 Å². The minimum absolute atomic E-state index is 0.0943. The van der Waals surface area contributed by atoms with E-state index < -0.39 is 10.0 Å². The summed E-state index contributed by atoms with van der Waals surface area (Å²) in [6, 6.07) is 18.2. The molecule has 0 atom stereocenters. The third-order valence-electron chi connectivity index (χ3n) is 5.67. The first-order valence-corrected chi connectivity index (χ1v) is 11.8. The van der Waals surface area contributed by atoms with Crippen LogP contribution in [0.3, 0.4) is 0 Å². The van der Waals surface area contributed by atoms with Crippen LogP contribution < -0.4 is 5.32 Å². The first-order chi connectivity index (χ1) is 14.8. The van der Waals surface area contributed by atoms with Crippen molar-refractivity contribution in [2.75, 3.05) is 18.4 Å². The number of amides is 1. The maximum Gasteiger partial charge on any atom is 0.243 e. The van der Waals surface area contributed by atoms with Gasteiger partial charge in [-0.3, -0.25) is 4.79 Å². The summed E-state index contributed by atoms with van der Waals surface area (Å²) in [4.78, 5) is 13.2. The lowest BCUT2D eigenvalue weighted by molar-refractivity contribution is -0.120. The Morgan fingerprint density at radius 3 is 2.29 bits per heavy atom. The highest BCUT2D eigenvalue weighted by molar-refractivity contribution is 7.89. The number of sulfonamides is 1. The molecule has 1 saturated heterocycles. The van der Waals surface area contributed by atoms with Gasteiger partial charge in [-0.2, -0.15) is 4.31 Å². The van der Waals surface area contributed by atoms with Crippen LogP contribution in [0.1, 0.15) is 24.2 Å². The molecule has 1 aliphatic heterocycles. The average molecular weight is 439 g/mol. The van der Waals surface area contributed by atoms with Gasteiger partial charge in [0.25, 0.3) is 0 Å². The van der Waals surface area contributed by atoms with E-state index in [0.29, 0.717) is 42.3 Å². The Bertz CT molecular complexity index is 1170. The van der Waals surface area contributed by atoms with Crippen molar-refractivity contribution in [1.29, 1.82) is 0 Å². The van der Waals surface area contributed by atoms with Crippen molar-refractivity contribution in [1.82, 2.24) is 4.31 Å². The fraction of sp³-hybridized carbons (Fsp3) is 0.292. The molecule has 1 aromatic heterocycles. The molecule has 2 heterocycles. The van der Waals surface area contributed by atoms with E-state index in [2.05, 4.69) is 5.32 Å². The highest BCUT2D eigenvalue weighted by Gasteiger charge is 2.32. The Morgan fingerprint density at radius 2 is 1.65 bits per heavy atom.